The molecule has 5 nitrogen and oxygen atoms in total. The molecule has 1 amide bonds. The van der Waals surface area contributed by atoms with Crippen molar-refractivity contribution in [3.63, 3.8) is 0 Å². The molecule has 128 valence electrons. The van der Waals surface area contributed by atoms with Crippen molar-refractivity contribution < 1.29 is 4.79 Å². The first-order valence-electron chi connectivity index (χ1n) is 9.06. The number of hydrogen-bond donors (Lipinski definition) is 1. The fourth-order valence-electron chi connectivity index (χ4n) is 4.21. The summed E-state index contributed by atoms with van der Waals surface area (Å²) in [6.07, 6.45) is 8.68. The number of rotatable bonds is 4. The molecule has 0 bridgehead atoms. The number of aryl methyl sites for hydroxylation is 1. The molecule has 0 aliphatic carbocycles. The number of hydrogen-bond acceptors (Lipinski definition) is 3. The van der Waals surface area contributed by atoms with Crippen LogP contribution in [0.25, 0.3) is 0 Å². The minimum atomic E-state index is 0.0620. The predicted octanol–water partition coefficient (Wildman–Crippen LogP) is 2.15. The average molecular weight is 318 g/mol. The van der Waals surface area contributed by atoms with Crippen molar-refractivity contribution in [1.29, 1.82) is 0 Å². The number of nitrogens with zero attached hydrogens (tertiary/aromatic N) is 3. The molecule has 1 N–H and O–H groups in total. The van der Waals surface area contributed by atoms with Crippen molar-refractivity contribution in [3.05, 3.63) is 18.0 Å². The molecule has 5 heteroatoms. The lowest BCUT2D eigenvalue weighted by atomic mass is 9.87. The molecule has 1 aromatic rings. The molecular formula is C18H30N4O. The highest BCUT2D eigenvalue weighted by Crippen LogP contribution is 2.32. The summed E-state index contributed by atoms with van der Waals surface area (Å²) in [5.74, 6) is 1.32. The number of nitrogens with one attached hydrogen (secondary N) is 1. The molecule has 2 fully saturated rings. The maximum atomic E-state index is 13.2. The number of piperidine rings is 1. The van der Waals surface area contributed by atoms with Crippen molar-refractivity contribution >= 4 is 5.91 Å². The van der Waals surface area contributed by atoms with E-state index in [2.05, 4.69) is 35.4 Å². The molecule has 0 saturated carbocycles. The minimum Gasteiger partial charge on any atom is -0.339 e. The van der Waals surface area contributed by atoms with Gasteiger partial charge in [0.1, 0.15) is 0 Å². The van der Waals surface area contributed by atoms with Gasteiger partial charge in [-0.15, -0.1) is 0 Å². The fourth-order valence-corrected chi connectivity index (χ4v) is 4.21. The van der Waals surface area contributed by atoms with Gasteiger partial charge in [-0.05, 0) is 37.2 Å². The lowest BCUT2D eigenvalue weighted by molar-refractivity contribution is -0.139. The van der Waals surface area contributed by atoms with Gasteiger partial charge in [-0.25, -0.2) is 0 Å². The van der Waals surface area contributed by atoms with Gasteiger partial charge >= 0.3 is 0 Å². The first-order chi connectivity index (χ1) is 11.1. The quantitative estimate of drug-likeness (QED) is 0.925. The zero-order valence-electron chi connectivity index (χ0n) is 14.7. The molecule has 1 aromatic heterocycles. The standard InChI is InChI=1S/C18H30N4O/c1-13(2)8-15-6-4-5-7-22(15)18(23)17-11-19-10-16(17)14-9-20-21(3)12-14/h9,12-13,15-17,19H,4-8,10-11H2,1-3H3/t15?,16-,17+/m1/s1. The Morgan fingerprint density at radius 3 is 2.91 bits per heavy atom. The summed E-state index contributed by atoms with van der Waals surface area (Å²) < 4.78 is 1.83. The van der Waals surface area contributed by atoms with E-state index < -0.39 is 0 Å². The zero-order valence-corrected chi connectivity index (χ0v) is 14.7. The Hall–Kier alpha value is -1.36. The highest BCUT2D eigenvalue weighted by Gasteiger charge is 2.39. The van der Waals surface area contributed by atoms with Crippen molar-refractivity contribution in [2.45, 2.75) is 51.5 Å². The first-order valence-corrected chi connectivity index (χ1v) is 9.06. The van der Waals surface area contributed by atoms with Crippen LogP contribution in [-0.2, 0) is 11.8 Å². The van der Waals surface area contributed by atoms with Gasteiger partial charge in [0.05, 0.1) is 12.1 Å². The van der Waals surface area contributed by atoms with Crippen LogP contribution in [-0.4, -0.2) is 46.3 Å². The topological polar surface area (TPSA) is 50.2 Å². The second-order valence-corrected chi connectivity index (χ2v) is 7.63. The van der Waals surface area contributed by atoms with Crippen LogP contribution in [0.15, 0.2) is 12.4 Å². The van der Waals surface area contributed by atoms with Crippen LogP contribution in [0.1, 0.15) is 51.0 Å². The Morgan fingerprint density at radius 2 is 2.22 bits per heavy atom. The molecule has 0 aromatic carbocycles. The van der Waals surface area contributed by atoms with Crippen LogP contribution in [0.5, 0.6) is 0 Å². The molecule has 0 spiro atoms. The predicted molar refractivity (Wildman–Crippen MR) is 91.1 cm³/mol. The van der Waals surface area contributed by atoms with Gasteiger partial charge < -0.3 is 10.2 Å². The van der Waals surface area contributed by atoms with E-state index in [1.54, 1.807) is 0 Å². The molecule has 2 saturated heterocycles. The van der Waals surface area contributed by atoms with Crippen LogP contribution in [0.4, 0.5) is 0 Å². The van der Waals surface area contributed by atoms with Crippen LogP contribution < -0.4 is 5.32 Å². The Balaban J connectivity index is 1.74. The van der Waals surface area contributed by atoms with E-state index in [0.717, 1.165) is 32.5 Å². The Labute approximate surface area is 139 Å². The summed E-state index contributed by atoms with van der Waals surface area (Å²) >= 11 is 0. The van der Waals surface area contributed by atoms with Gasteiger partial charge in [0.15, 0.2) is 0 Å². The summed E-state index contributed by atoms with van der Waals surface area (Å²) in [6.45, 7) is 7.13. The lowest BCUT2D eigenvalue weighted by Gasteiger charge is -2.39. The third kappa shape index (κ3) is 3.60. The van der Waals surface area contributed by atoms with E-state index >= 15 is 0 Å². The van der Waals surface area contributed by atoms with E-state index in [-0.39, 0.29) is 11.8 Å². The lowest BCUT2D eigenvalue weighted by Crippen LogP contribution is -2.48. The van der Waals surface area contributed by atoms with E-state index in [9.17, 15) is 4.79 Å². The summed E-state index contributed by atoms with van der Waals surface area (Å²) in [5, 5.41) is 7.71. The Bertz CT molecular complexity index is 539. The zero-order chi connectivity index (χ0) is 16.4. The normalized spacial score (nSPS) is 28.5. The Kier molecular flexibility index (Phi) is 5.05. The smallest absolute Gasteiger partial charge is 0.227 e. The van der Waals surface area contributed by atoms with Gasteiger partial charge in [-0.3, -0.25) is 9.48 Å². The van der Waals surface area contributed by atoms with E-state index in [0.29, 0.717) is 17.9 Å². The van der Waals surface area contributed by atoms with Crippen molar-refractivity contribution in [3.8, 4) is 0 Å². The minimum absolute atomic E-state index is 0.0620. The SMILES string of the molecule is CC(C)CC1CCCCN1C(=O)[C@H]1CNC[C@@H]1c1cnn(C)c1. The molecule has 2 aliphatic heterocycles. The number of carbonyl (C=O) groups excluding carboxylic acids is 1. The molecule has 3 heterocycles. The molecule has 1 unspecified atom stereocenters. The summed E-state index contributed by atoms with van der Waals surface area (Å²) in [7, 11) is 1.94. The van der Waals surface area contributed by atoms with Crippen molar-refractivity contribution in [2.75, 3.05) is 19.6 Å². The van der Waals surface area contributed by atoms with E-state index in [4.69, 9.17) is 0 Å². The third-order valence-corrected chi connectivity index (χ3v) is 5.34. The first kappa shape index (κ1) is 16.5. The molecule has 3 atom stereocenters. The molecule has 0 radical (unpaired) electrons. The fraction of sp³-hybridized carbons (Fsp3) is 0.778. The van der Waals surface area contributed by atoms with Gasteiger partial charge in [-0.2, -0.15) is 5.10 Å². The number of aromatic nitrogens is 2. The number of carbonyl (C=O) groups is 1. The van der Waals surface area contributed by atoms with Crippen molar-refractivity contribution in [2.24, 2.45) is 18.9 Å². The van der Waals surface area contributed by atoms with E-state index in [1.807, 2.05) is 17.9 Å². The molecule has 23 heavy (non-hydrogen) atoms. The maximum Gasteiger partial charge on any atom is 0.227 e. The second kappa shape index (κ2) is 7.04. The molecule has 2 aliphatic rings. The highest BCUT2D eigenvalue weighted by atomic mass is 16.2. The van der Waals surface area contributed by atoms with Gasteiger partial charge in [0.25, 0.3) is 0 Å². The third-order valence-electron chi connectivity index (χ3n) is 5.34. The van der Waals surface area contributed by atoms with Gasteiger partial charge in [0, 0.05) is 44.8 Å². The van der Waals surface area contributed by atoms with Crippen LogP contribution in [0.2, 0.25) is 0 Å². The number of likely N-dealkylation sites (tertiary alicyclic amines) is 1. The second-order valence-electron chi connectivity index (χ2n) is 7.63. The summed E-state index contributed by atoms with van der Waals surface area (Å²) in [4.78, 5) is 15.4. The highest BCUT2D eigenvalue weighted by molar-refractivity contribution is 5.81. The van der Waals surface area contributed by atoms with Crippen LogP contribution in [0, 0.1) is 11.8 Å². The summed E-state index contributed by atoms with van der Waals surface area (Å²) in [6, 6.07) is 0.436. The number of amides is 1. The monoisotopic (exact) mass is 318 g/mol. The van der Waals surface area contributed by atoms with E-state index in [1.165, 1.54) is 18.4 Å². The van der Waals surface area contributed by atoms with Gasteiger partial charge in [0.2, 0.25) is 5.91 Å². The Morgan fingerprint density at radius 1 is 1.39 bits per heavy atom. The molecule has 3 rings (SSSR count). The van der Waals surface area contributed by atoms with Crippen molar-refractivity contribution in [1.82, 2.24) is 20.0 Å². The average Bonchev–Trinajstić information content (AvgIpc) is 3.15. The van der Waals surface area contributed by atoms with Crippen LogP contribution in [0.3, 0.4) is 0 Å². The van der Waals surface area contributed by atoms with Crippen LogP contribution >= 0.6 is 0 Å². The largest absolute Gasteiger partial charge is 0.339 e. The summed E-state index contributed by atoms with van der Waals surface area (Å²) in [5.41, 5.74) is 1.19. The molecular weight excluding hydrogens is 288 g/mol. The maximum absolute atomic E-state index is 13.2. The van der Waals surface area contributed by atoms with Gasteiger partial charge in [-0.1, -0.05) is 13.8 Å².